The molecule has 15 heavy (non-hydrogen) atoms. The molecule has 0 radical (unpaired) electrons. The Morgan fingerprint density at radius 3 is 2.67 bits per heavy atom. The zero-order chi connectivity index (χ0) is 11.4. The summed E-state index contributed by atoms with van der Waals surface area (Å²) in [5, 5.41) is 3.03. The molecule has 1 rings (SSSR count). The maximum absolute atomic E-state index is 11.5. The van der Waals surface area contributed by atoms with Crippen LogP contribution in [0, 0.1) is 3.57 Å². The number of carbonyl (C=O) groups is 2. The molecule has 1 amide bonds. The van der Waals surface area contributed by atoms with Gasteiger partial charge in [0.2, 0.25) is 0 Å². The lowest BCUT2D eigenvalue weighted by atomic mass is 10.2. The fourth-order valence-corrected chi connectivity index (χ4v) is 1.46. The number of halogens is 2. The van der Waals surface area contributed by atoms with Crippen LogP contribution in [0.5, 0.6) is 0 Å². The molecule has 1 N–H and O–H groups in total. The summed E-state index contributed by atoms with van der Waals surface area (Å²) < 4.78 is 0.886. The van der Waals surface area contributed by atoms with Gasteiger partial charge >= 0.3 is 0 Å². The van der Waals surface area contributed by atoms with Gasteiger partial charge in [-0.2, -0.15) is 0 Å². The highest BCUT2D eigenvalue weighted by Crippen LogP contribution is 2.19. The molecule has 0 fully saturated rings. The van der Waals surface area contributed by atoms with E-state index in [9.17, 15) is 9.59 Å². The fraction of sp³-hybridized carbons (Fsp3) is 0.200. The number of Topliss-reactive ketones (excluding diaryl/α,β-unsaturated/α-hetero) is 1. The predicted molar refractivity (Wildman–Crippen MR) is 67.2 cm³/mol. The Hall–Kier alpha value is -0.620. The molecule has 0 aromatic heterocycles. The molecule has 1 aromatic carbocycles. The summed E-state index contributed by atoms with van der Waals surface area (Å²) in [5.41, 5.74) is 0.460. The maximum Gasteiger partial charge on any atom is 0.251 e. The molecule has 0 saturated carbocycles. The summed E-state index contributed by atoms with van der Waals surface area (Å²) >= 11 is 7.94. The maximum atomic E-state index is 11.5. The lowest BCUT2D eigenvalue weighted by molar-refractivity contribution is -0.116. The Kier molecular flexibility index (Phi) is 4.53. The van der Waals surface area contributed by atoms with E-state index < -0.39 is 0 Å². The number of nitrogens with one attached hydrogen (secondary N) is 1. The molecule has 0 aliphatic carbocycles. The van der Waals surface area contributed by atoms with Crippen LogP contribution in [0.15, 0.2) is 18.2 Å². The van der Waals surface area contributed by atoms with Gasteiger partial charge in [0.15, 0.2) is 0 Å². The van der Waals surface area contributed by atoms with Crippen LogP contribution in [-0.2, 0) is 4.79 Å². The summed E-state index contributed by atoms with van der Waals surface area (Å²) in [7, 11) is 0. The van der Waals surface area contributed by atoms with Crippen molar-refractivity contribution >= 4 is 45.9 Å². The summed E-state index contributed by atoms with van der Waals surface area (Å²) in [6.07, 6.45) is 0. The summed E-state index contributed by atoms with van der Waals surface area (Å²) in [6.45, 7) is 1.46. The Morgan fingerprint density at radius 2 is 2.13 bits per heavy atom. The summed E-state index contributed by atoms with van der Waals surface area (Å²) in [6, 6.07) is 5.01. The second-order valence-corrected chi connectivity index (χ2v) is 4.58. The van der Waals surface area contributed by atoms with E-state index >= 15 is 0 Å². The van der Waals surface area contributed by atoms with Crippen LogP contribution in [0.3, 0.4) is 0 Å². The number of carbonyl (C=O) groups excluding carboxylic acids is 2. The third kappa shape index (κ3) is 3.79. The Morgan fingerprint density at radius 1 is 1.47 bits per heavy atom. The van der Waals surface area contributed by atoms with Gasteiger partial charge in [-0.05, 0) is 47.7 Å². The van der Waals surface area contributed by atoms with E-state index in [-0.39, 0.29) is 18.2 Å². The van der Waals surface area contributed by atoms with Gasteiger partial charge in [-0.15, -0.1) is 0 Å². The Balaban J connectivity index is 2.74. The number of benzene rings is 1. The predicted octanol–water partition coefficient (Wildman–Crippen LogP) is 2.26. The van der Waals surface area contributed by atoms with Crippen molar-refractivity contribution in [1.29, 1.82) is 0 Å². The molecular formula is C10H9ClINO2. The summed E-state index contributed by atoms with van der Waals surface area (Å²) in [5.74, 6) is -0.372. The molecule has 5 heteroatoms. The van der Waals surface area contributed by atoms with Crippen molar-refractivity contribution in [2.45, 2.75) is 6.92 Å². The van der Waals surface area contributed by atoms with E-state index in [1.54, 1.807) is 18.2 Å². The molecule has 0 aliphatic heterocycles. The van der Waals surface area contributed by atoms with Gasteiger partial charge < -0.3 is 5.32 Å². The van der Waals surface area contributed by atoms with Crippen molar-refractivity contribution in [2.24, 2.45) is 0 Å². The normalized spacial score (nSPS) is 9.80. The van der Waals surface area contributed by atoms with Gasteiger partial charge in [0.1, 0.15) is 5.78 Å². The molecule has 80 valence electrons. The van der Waals surface area contributed by atoms with Crippen LogP contribution in [0.4, 0.5) is 0 Å². The molecule has 0 unspecified atom stereocenters. The SMILES string of the molecule is CC(=O)CNC(=O)c1ccc(I)c(Cl)c1. The Bertz CT molecular complexity index is 406. The average Bonchev–Trinajstić information content (AvgIpc) is 2.18. The van der Waals surface area contributed by atoms with Crippen molar-refractivity contribution in [1.82, 2.24) is 5.32 Å². The van der Waals surface area contributed by atoms with Crippen LogP contribution in [0.25, 0.3) is 0 Å². The first-order chi connectivity index (χ1) is 7.00. The molecule has 0 bridgehead atoms. The number of hydrogen-bond donors (Lipinski definition) is 1. The van der Waals surface area contributed by atoms with Crippen molar-refractivity contribution < 1.29 is 9.59 Å². The van der Waals surface area contributed by atoms with Crippen LogP contribution >= 0.6 is 34.2 Å². The van der Waals surface area contributed by atoms with Crippen LogP contribution in [-0.4, -0.2) is 18.2 Å². The quantitative estimate of drug-likeness (QED) is 0.860. The van der Waals surface area contributed by atoms with Gasteiger partial charge in [-0.1, -0.05) is 11.6 Å². The molecule has 0 atom stereocenters. The van der Waals surface area contributed by atoms with E-state index in [1.807, 2.05) is 0 Å². The van der Waals surface area contributed by atoms with Gasteiger partial charge in [0.25, 0.3) is 5.91 Å². The number of rotatable bonds is 3. The summed E-state index contributed by atoms with van der Waals surface area (Å²) in [4.78, 5) is 22.1. The second-order valence-electron chi connectivity index (χ2n) is 3.01. The minimum atomic E-state index is -0.288. The number of ketones is 1. The van der Waals surface area contributed by atoms with Crippen LogP contribution < -0.4 is 5.32 Å². The third-order valence-electron chi connectivity index (χ3n) is 1.68. The monoisotopic (exact) mass is 337 g/mol. The highest BCUT2D eigenvalue weighted by Gasteiger charge is 2.07. The van der Waals surface area contributed by atoms with Gasteiger partial charge in [-0.25, -0.2) is 0 Å². The van der Waals surface area contributed by atoms with Gasteiger partial charge in [0.05, 0.1) is 11.6 Å². The first kappa shape index (κ1) is 12.4. The van der Waals surface area contributed by atoms with Gasteiger partial charge in [0, 0.05) is 9.13 Å². The van der Waals surface area contributed by atoms with Gasteiger partial charge in [-0.3, -0.25) is 9.59 Å². The number of hydrogen-bond acceptors (Lipinski definition) is 2. The lowest BCUT2D eigenvalue weighted by Crippen LogP contribution is -2.28. The van der Waals surface area contributed by atoms with Crippen molar-refractivity contribution in [2.75, 3.05) is 6.54 Å². The molecule has 1 aromatic rings. The van der Waals surface area contributed by atoms with E-state index in [4.69, 9.17) is 11.6 Å². The zero-order valence-electron chi connectivity index (χ0n) is 8.01. The van der Waals surface area contributed by atoms with Crippen LogP contribution in [0.2, 0.25) is 5.02 Å². The number of amides is 1. The largest absolute Gasteiger partial charge is 0.345 e. The first-order valence-corrected chi connectivity index (χ1v) is 5.69. The standard InChI is InChI=1S/C10H9ClINO2/c1-6(14)5-13-10(15)7-2-3-9(12)8(11)4-7/h2-4H,5H2,1H3,(H,13,15). The molecule has 3 nitrogen and oxygen atoms in total. The minimum absolute atomic E-state index is 0.0441. The van der Waals surface area contributed by atoms with E-state index in [2.05, 4.69) is 27.9 Å². The smallest absolute Gasteiger partial charge is 0.251 e. The second kappa shape index (κ2) is 5.46. The van der Waals surface area contributed by atoms with Crippen LogP contribution in [0.1, 0.15) is 17.3 Å². The fourth-order valence-electron chi connectivity index (χ4n) is 0.944. The minimum Gasteiger partial charge on any atom is -0.345 e. The topological polar surface area (TPSA) is 46.2 Å². The average molecular weight is 338 g/mol. The highest BCUT2D eigenvalue weighted by atomic mass is 127. The third-order valence-corrected chi connectivity index (χ3v) is 3.25. The molecule has 0 heterocycles. The van der Waals surface area contributed by atoms with Crippen molar-refractivity contribution in [3.05, 3.63) is 32.4 Å². The zero-order valence-corrected chi connectivity index (χ0v) is 10.9. The van der Waals surface area contributed by atoms with E-state index in [0.29, 0.717) is 10.6 Å². The molecular weight excluding hydrogens is 328 g/mol. The Labute approximate surface area is 106 Å². The first-order valence-electron chi connectivity index (χ1n) is 4.23. The molecule has 0 aliphatic rings. The van der Waals surface area contributed by atoms with Crippen molar-refractivity contribution in [3.63, 3.8) is 0 Å². The van der Waals surface area contributed by atoms with E-state index in [1.165, 1.54) is 6.92 Å². The molecule has 0 spiro atoms. The lowest BCUT2D eigenvalue weighted by Gasteiger charge is -2.03. The molecule has 0 saturated heterocycles. The highest BCUT2D eigenvalue weighted by molar-refractivity contribution is 14.1. The van der Waals surface area contributed by atoms with E-state index in [0.717, 1.165) is 3.57 Å². The van der Waals surface area contributed by atoms with Crippen molar-refractivity contribution in [3.8, 4) is 0 Å².